The Hall–Kier alpha value is -3.58. The van der Waals surface area contributed by atoms with E-state index in [1.54, 1.807) is 19.1 Å². The van der Waals surface area contributed by atoms with Crippen LogP contribution in [0.2, 0.25) is 0 Å². The molecule has 0 aliphatic rings. The zero-order valence-electron chi connectivity index (χ0n) is 23.6. The molecule has 0 aliphatic carbocycles. The molecule has 2 amide bonds. The molecule has 3 rings (SSSR count). The van der Waals surface area contributed by atoms with Crippen molar-refractivity contribution in [2.45, 2.75) is 52.7 Å². The van der Waals surface area contributed by atoms with Gasteiger partial charge in [-0.15, -0.1) is 0 Å². The molecule has 0 radical (unpaired) electrons. The maximum atomic E-state index is 13.7. The van der Waals surface area contributed by atoms with Gasteiger partial charge in [0.2, 0.25) is 5.91 Å². The van der Waals surface area contributed by atoms with Gasteiger partial charge < -0.3 is 23.8 Å². The number of methoxy groups -OCH3 is 2. The highest BCUT2D eigenvalue weighted by atomic mass is 16.5. The van der Waals surface area contributed by atoms with Crippen molar-refractivity contribution in [3.63, 3.8) is 0 Å². The topological polar surface area (TPSA) is 64.0 Å². The molecule has 0 unspecified atom stereocenters. The zero-order chi connectivity index (χ0) is 27.7. The third kappa shape index (κ3) is 7.71. The molecule has 7 nitrogen and oxygen atoms in total. The van der Waals surface area contributed by atoms with Gasteiger partial charge in [-0.1, -0.05) is 31.2 Å². The Bertz CT molecular complexity index is 1190. The molecule has 38 heavy (non-hydrogen) atoms. The van der Waals surface area contributed by atoms with E-state index >= 15 is 0 Å². The highest BCUT2D eigenvalue weighted by Crippen LogP contribution is 2.21. The lowest BCUT2D eigenvalue weighted by molar-refractivity contribution is -0.137. The molecule has 0 saturated heterocycles. The lowest BCUT2D eigenvalue weighted by atomic mass is 10.0. The largest absolute Gasteiger partial charge is 0.497 e. The minimum atomic E-state index is -0.444. The van der Waals surface area contributed by atoms with Crippen molar-refractivity contribution in [1.29, 1.82) is 0 Å². The number of carbonyl (C=O) groups excluding carboxylic acids is 2. The van der Waals surface area contributed by atoms with E-state index in [2.05, 4.69) is 17.6 Å². The number of nitrogens with zero attached hydrogens (tertiary/aromatic N) is 3. The second-order valence-electron chi connectivity index (χ2n) is 10.4. The summed E-state index contributed by atoms with van der Waals surface area (Å²) in [6.07, 6.45) is 2.93. The molecule has 0 bridgehead atoms. The van der Waals surface area contributed by atoms with Crippen LogP contribution >= 0.6 is 0 Å². The summed E-state index contributed by atoms with van der Waals surface area (Å²) < 4.78 is 12.8. The molecule has 2 aromatic carbocycles. The van der Waals surface area contributed by atoms with Crippen LogP contribution < -0.4 is 4.74 Å². The average molecular weight is 520 g/mol. The Morgan fingerprint density at radius 1 is 0.947 bits per heavy atom. The van der Waals surface area contributed by atoms with Gasteiger partial charge in [-0.2, -0.15) is 0 Å². The van der Waals surface area contributed by atoms with Gasteiger partial charge in [0.1, 0.15) is 12.3 Å². The molecule has 1 heterocycles. The lowest BCUT2D eigenvalue weighted by Gasteiger charge is -2.37. The third-order valence-corrected chi connectivity index (χ3v) is 6.63. The molecular formula is C31H41N3O4. The van der Waals surface area contributed by atoms with Crippen LogP contribution in [0.5, 0.6) is 5.75 Å². The summed E-state index contributed by atoms with van der Waals surface area (Å²) in [6.45, 7) is 9.89. The molecule has 0 fully saturated rings. The van der Waals surface area contributed by atoms with Gasteiger partial charge in [0.05, 0.1) is 20.3 Å². The summed E-state index contributed by atoms with van der Waals surface area (Å²) in [5.41, 5.74) is 3.42. The molecule has 0 N–H and O–H groups in total. The fraction of sp³-hybridized carbons (Fsp3) is 0.419. The Kier molecular flexibility index (Phi) is 10.1. The van der Waals surface area contributed by atoms with E-state index in [0.29, 0.717) is 31.8 Å². The molecule has 3 aromatic rings. The second kappa shape index (κ2) is 13.3. The first-order valence-corrected chi connectivity index (χ1v) is 13.1. The van der Waals surface area contributed by atoms with Crippen LogP contribution in [0, 0.1) is 0 Å². The maximum Gasteiger partial charge on any atom is 0.254 e. The first-order chi connectivity index (χ1) is 18.2. The summed E-state index contributed by atoms with van der Waals surface area (Å²) in [5, 5.41) is 0. The van der Waals surface area contributed by atoms with E-state index < -0.39 is 5.54 Å². The van der Waals surface area contributed by atoms with Gasteiger partial charge in [0.15, 0.2) is 0 Å². The van der Waals surface area contributed by atoms with Crippen molar-refractivity contribution in [1.82, 2.24) is 14.4 Å². The van der Waals surface area contributed by atoms with E-state index in [-0.39, 0.29) is 18.4 Å². The summed E-state index contributed by atoms with van der Waals surface area (Å²) in [5.74, 6) is 0.530. The fourth-order valence-electron chi connectivity index (χ4n) is 4.34. The summed E-state index contributed by atoms with van der Waals surface area (Å²) in [4.78, 5) is 30.5. The number of carbonyl (C=O) groups is 2. The van der Waals surface area contributed by atoms with Crippen molar-refractivity contribution in [3.8, 4) is 5.75 Å². The van der Waals surface area contributed by atoms with Crippen molar-refractivity contribution < 1.29 is 19.1 Å². The van der Waals surface area contributed by atoms with Gasteiger partial charge in [0.25, 0.3) is 5.91 Å². The summed E-state index contributed by atoms with van der Waals surface area (Å²) in [6, 6.07) is 19.6. The van der Waals surface area contributed by atoms with Crippen LogP contribution in [0.4, 0.5) is 0 Å². The highest BCUT2D eigenvalue weighted by molar-refractivity contribution is 5.96. The Morgan fingerprint density at radius 3 is 2.32 bits per heavy atom. The van der Waals surface area contributed by atoms with Crippen molar-refractivity contribution in [2.24, 2.45) is 0 Å². The first kappa shape index (κ1) is 29.0. The minimum Gasteiger partial charge on any atom is -0.497 e. The van der Waals surface area contributed by atoms with Gasteiger partial charge >= 0.3 is 0 Å². The molecule has 7 heteroatoms. The molecular weight excluding hydrogens is 478 g/mol. The Balaban J connectivity index is 1.80. The summed E-state index contributed by atoms with van der Waals surface area (Å²) >= 11 is 0. The molecule has 1 aromatic heterocycles. The fourth-order valence-corrected chi connectivity index (χ4v) is 4.34. The van der Waals surface area contributed by atoms with E-state index in [0.717, 1.165) is 29.0 Å². The van der Waals surface area contributed by atoms with Crippen LogP contribution in [-0.2, 0) is 29.0 Å². The number of hydrogen-bond donors (Lipinski definition) is 0. The zero-order valence-corrected chi connectivity index (χ0v) is 23.6. The molecule has 0 atom stereocenters. The monoisotopic (exact) mass is 519 g/mol. The number of hydrogen-bond acceptors (Lipinski definition) is 4. The first-order valence-electron chi connectivity index (χ1n) is 13.1. The second-order valence-corrected chi connectivity index (χ2v) is 10.4. The average Bonchev–Trinajstić information content (AvgIpc) is 3.35. The predicted molar refractivity (Wildman–Crippen MR) is 150 cm³/mol. The van der Waals surface area contributed by atoms with Crippen molar-refractivity contribution in [2.75, 3.05) is 33.9 Å². The van der Waals surface area contributed by atoms with Crippen LogP contribution in [0.1, 0.15) is 54.9 Å². The molecule has 0 spiro atoms. The maximum absolute atomic E-state index is 13.7. The smallest absolute Gasteiger partial charge is 0.254 e. The van der Waals surface area contributed by atoms with Crippen LogP contribution in [0.25, 0.3) is 0 Å². The standard InChI is InChI=1S/C31H41N3O4/c1-7-24-13-15-26(16-14-24)30(36)33(18-19-37-5)23-29(35)34(31(2,3)4)22-27-11-9-17-32(27)21-25-10-8-12-28(20-25)38-6/h8-17,20H,7,18-19,21-23H2,1-6H3. The Labute approximate surface area is 227 Å². The van der Waals surface area contributed by atoms with Gasteiger partial charge in [-0.05, 0) is 74.7 Å². The van der Waals surface area contributed by atoms with E-state index in [4.69, 9.17) is 9.47 Å². The van der Waals surface area contributed by atoms with Crippen molar-refractivity contribution >= 4 is 11.8 Å². The SMILES string of the molecule is CCc1ccc(C(=O)N(CCOC)CC(=O)N(Cc2cccn2Cc2cccc(OC)c2)C(C)(C)C)cc1. The highest BCUT2D eigenvalue weighted by Gasteiger charge is 2.30. The number of aryl methyl sites for hydroxylation is 1. The van der Waals surface area contributed by atoms with Gasteiger partial charge in [0, 0.05) is 43.2 Å². The number of ether oxygens (including phenoxy) is 2. The van der Waals surface area contributed by atoms with Gasteiger partial charge in [-0.3, -0.25) is 9.59 Å². The molecule has 0 aliphatic heterocycles. The van der Waals surface area contributed by atoms with E-state index in [9.17, 15) is 9.59 Å². The van der Waals surface area contributed by atoms with Crippen LogP contribution in [0.15, 0.2) is 66.9 Å². The Morgan fingerprint density at radius 2 is 1.68 bits per heavy atom. The van der Waals surface area contributed by atoms with Crippen LogP contribution in [0.3, 0.4) is 0 Å². The number of benzene rings is 2. The van der Waals surface area contributed by atoms with Crippen molar-refractivity contribution in [3.05, 3.63) is 89.2 Å². The molecule has 204 valence electrons. The third-order valence-electron chi connectivity index (χ3n) is 6.63. The van der Waals surface area contributed by atoms with E-state index in [1.807, 2.05) is 86.5 Å². The summed E-state index contributed by atoms with van der Waals surface area (Å²) in [7, 11) is 3.26. The number of amides is 2. The number of aromatic nitrogens is 1. The van der Waals surface area contributed by atoms with Crippen LogP contribution in [-0.4, -0.2) is 65.6 Å². The van der Waals surface area contributed by atoms with E-state index in [1.165, 1.54) is 0 Å². The van der Waals surface area contributed by atoms with Gasteiger partial charge in [-0.25, -0.2) is 0 Å². The molecule has 0 saturated carbocycles. The predicted octanol–water partition coefficient (Wildman–Crippen LogP) is 5.02. The quantitative estimate of drug-likeness (QED) is 0.337. The minimum absolute atomic E-state index is 0.0222. The lowest BCUT2D eigenvalue weighted by Crippen LogP contribution is -2.50. The number of rotatable bonds is 12. The normalized spacial score (nSPS) is 11.3.